The molecule has 106 valence electrons. The minimum Gasteiger partial charge on any atom is -0.478 e. The molecule has 5 nitrogen and oxygen atoms in total. The first-order valence-electron chi connectivity index (χ1n) is 5.31. The molecule has 0 radical (unpaired) electrons. The predicted octanol–water partition coefficient (Wildman–Crippen LogP) is 1.96. The van der Waals surface area contributed by atoms with Gasteiger partial charge in [0.05, 0.1) is 17.9 Å². The number of hydrogen-bond donors (Lipinski definition) is 3. The molecule has 0 saturated carbocycles. The summed E-state index contributed by atoms with van der Waals surface area (Å²) in [5.41, 5.74) is 6.08. The van der Waals surface area contributed by atoms with Gasteiger partial charge in [0.25, 0.3) is 0 Å². The summed E-state index contributed by atoms with van der Waals surface area (Å²) in [5, 5.41) is 11.6. The number of anilines is 2. The summed E-state index contributed by atoms with van der Waals surface area (Å²) in [7, 11) is 0. The Morgan fingerprint density at radius 3 is 2.68 bits per heavy atom. The van der Waals surface area contributed by atoms with Crippen LogP contribution in [0.1, 0.15) is 10.4 Å². The van der Waals surface area contributed by atoms with Crippen LogP contribution < -0.4 is 11.1 Å². The van der Waals surface area contributed by atoms with Crippen LogP contribution in [0, 0.1) is 0 Å². The van der Waals surface area contributed by atoms with Gasteiger partial charge in [-0.15, -0.1) is 0 Å². The Balaban J connectivity index is 2.49. The van der Waals surface area contributed by atoms with Crippen molar-refractivity contribution < 1.29 is 27.8 Å². The number of nitrogens with one attached hydrogen (secondary N) is 1. The summed E-state index contributed by atoms with van der Waals surface area (Å²) in [4.78, 5) is 10.9. The van der Waals surface area contributed by atoms with E-state index in [-0.39, 0.29) is 24.4 Å². The lowest BCUT2D eigenvalue weighted by Crippen LogP contribution is -2.20. The van der Waals surface area contributed by atoms with Crippen LogP contribution in [0.4, 0.5) is 24.5 Å². The molecule has 0 bridgehead atoms. The van der Waals surface area contributed by atoms with Crippen molar-refractivity contribution in [3.63, 3.8) is 0 Å². The SMILES string of the molecule is Nc1ccc(C(=O)O)c(NCCOCC(F)(F)F)c1. The maximum absolute atomic E-state index is 11.8. The molecule has 4 N–H and O–H groups in total. The fourth-order valence-electron chi connectivity index (χ4n) is 1.34. The number of aromatic carboxylic acids is 1. The number of nitrogen functional groups attached to an aromatic ring is 1. The van der Waals surface area contributed by atoms with Gasteiger partial charge in [-0.1, -0.05) is 0 Å². The van der Waals surface area contributed by atoms with Crippen LogP contribution in [0.3, 0.4) is 0 Å². The van der Waals surface area contributed by atoms with E-state index in [2.05, 4.69) is 10.1 Å². The van der Waals surface area contributed by atoms with Crippen molar-refractivity contribution in [1.29, 1.82) is 0 Å². The van der Waals surface area contributed by atoms with E-state index in [0.29, 0.717) is 5.69 Å². The van der Waals surface area contributed by atoms with Gasteiger partial charge in [-0.05, 0) is 18.2 Å². The molecule has 0 aliphatic rings. The Morgan fingerprint density at radius 1 is 1.42 bits per heavy atom. The summed E-state index contributed by atoms with van der Waals surface area (Å²) >= 11 is 0. The Labute approximate surface area is 107 Å². The Hall–Kier alpha value is -1.96. The first-order chi connectivity index (χ1) is 8.79. The fourth-order valence-corrected chi connectivity index (χ4v) is 1.34. The molecule has 0 atom stereocenters. The molecule has 0 aliphatic carbocycles. The minimum atomic E-state index is -4.37. The van der Waals surface area contributed by atoms with E-state index in [0.717, 1.165) is 0 Å². The number of hydrogen-bond acceptors (Lipinski definition) is 4. The zero-order valence-corrected chi connectivity index (χ0v) is 9.83. The summed E-state index contributed by atoms with van der Waals surface area (Å²) in [5.74, 6) is -1.15. The van der Waals surface area contributed by atoms with Crippen LogP contribution in [0.25, 0.3) is 0 Å². The van der Waals surface area contributed by atoms with Crippen LogP contribution >= 0.6 is 0 Å². The van der Waals surface area contributed by atoms with E-state index in [1.165, 1.54) is 18.2 Å². The maximum Gasteiger partial charge on any atom is 0.411 e. The van der Waals surface area contributed by atoms with Gasteiger partial charge in [0.15, 0.2) is 0 Å². The highest BCUT2D eigenvalue weighted by molar-refractivity contribution is 5.95. The smallest absolute Gasteiger partial charge is 0.411 e. The molecule has 0 spiro atoms. The molecule has 0 amide bonds. The number of carbonyl (C=O) groups is 1. The van der Waals surface area contributed by atoms with Crippen molar-refractivity contribution in [2.75, 3.05) is 30.8 Å². The summed E-state index contributed by atoms with van der Waals surface area (Å²) in [6.07, 6.45) is -4.37. The second-order valence-corrected chi connectivity index (χ2v) is 3.70. The second kappa shape index (κ2) is 6.28. The summed E-state index contributed by atoms with van der Waals surface area (Å²) in [6.45, 7) is -1.50. The predicted molar refractivity (Wildman–Crippen MR) is 63.2 cm³/mol. The number of ether oxygens (including phenoxy) is 1. The molecule has 8 heteroatoms. The number of carboxylic acids is 1. The molecule has 0 aromatic heterocycles. The molecule has 1 rings (SSSR count). The van der Waals surface area contributed by atoms with Gasteiger partial charge >= 0.3 is 12.1 Å². The first kappa shape index (κ1) is 15.1. The standard InChI is InChI=1S/C11H13F3N2O3/c12-11(13,14)6-19-4-3-16-9-5-7(15)1-2-8(9)10(17)18/h1-2,5,16H,3-4,6,15H2,(H,17,18). The monoisotopic (exact) mass is 278 g/mol. The van der Waals surface area contributed by atoms with Crippen LogP contribution in [0.15, 0.2) is 18.2 Å². The molecule has 1 aromatic carbocycles. The molecule has 0 unspecified atom stereocenters. The van der Waals surface area contributed by atoms with Gasteiger partial charge in [0.1, 0.15) is 6.61 Å². The van der Waals surface area contributed by atoms with E-state index < -0.39 is 18.8 Å². The number of alkyl halides is 3. The Bertz CT molecular complexity index is 449. The number of benzene rings is 1. The number of halogens is 3. The normalized spacial score (nSPS) is 11.3. The second-order valence-electron chi connectivity index (χ2n) is 3.70. The van der Waals surface area contributed by atoms with Crippen molar-refractivity contribution in [2.24, 2.45) is 0 Å². The molecule has 0 saturated heterocycles. The maximum atomic E-state index is 11.8. The molecule has 1 aromatic rings. The van der Waals surface area contributed by atoms with Gasteiger partial charge in [-0.25, -0.2) is 4.79 Å². The highest BCUT2D eigenvalue weighted by atomic mass is 19.4. The number of nitrogens with two attached hydrogens (primary N) is 1. The zero-order valence-electron chi connectivity index (χ0n) is 9.83. The molecule has 0 fully saturated rings. The summed E-state index contributed by atoms with van der Waals surface area (Å²) < 4.78 is 39.8. The van der Waals surface area contributed by atoms with E-state index in [1.807, 2.05) is 0 Å². The van der Waals surface area contributed by atoms with Gasteiger partial charge < -0.3 is 20.9 Å². The van der Waals surface area contributed by atoms with Crippen LogP contribution in [0.2, 0.25) is 0 Å². The van der Waals surface area contributed by atoms with Crippen molar-refractivity contribution in [3.8, 4) is 0 Å². The van der Waals surface area contributed by atoms with Crippen molar-refractivity contribution in [3.05, 3.63) is 23.8 Å². The molecule has 19 heavy (non-hydrogen) atoms. The van der Waals surface area contributed by atoms with E-state index in [9.17, 15) is 18.0 Å². The quantitative estimate of drug-likeness (QED) is 0.547. The lowest BCUT2D eigenvalue weighted by atomic mass is 10.1. The molecule has 0 aliphatic heterocycles. The molecular weight excluding hydrogens is 265 g/mol. The Morgan fingerprint density at radius 2 is 2.11 bits per heavy atom. The highest BCUT2D eigenvalue weighted by Crippen LogP contribution is 2.19. The third-order valence-electron chi connectivity index (χ3n) is 2.10. The number of carboxylic acid groups (broad SMARTS) is 1. The Kier molecular flexibility index (Phi) is 4.99. The lowest BCUT2D eigenvalue weighted by molar-refractivity contribution is -0.172. The third-order valence-corrected chi connectivity index (χ3v) is 2.10. The van der Waals surface area contributed by atoms with E-state index >= 15 is 0 Å². The van der Waals surface area contributed by atoms with Gasteiger partial charge in [0.2, 0.25) is 0 Å². The van der Waals surface area contributed by atoms with Crippen LogP contribution in [-0.2, 0) is 4.74 Å². The van der Waals surface area contributed by atoms with Gasteiger partial charge in [-0.2, -0.15) is 13.2 Å². The largest absolute Gasteiger partial charge is 0.478 e. The van der Waals surface area contributed by atoms with Crippen molar-refractivity contribution >= 4 is 17.3 Å². The van der Waals surface area contributed by atoms with Crippen LogP contribution in [-0.4, -0.2) is 37.0 Å². The zero-order chi connectivity index (χ0) is 14.5. The third kappa shape index (κ3) is 5.47. The van der Waals surface area contributed by atoms with E-state index in [1.54, 1.807) is 0 Å². The van der Waals surface area contributed by atoms with Gasteiger partial charge in [0, 0.05) is 12.2 Å². The highest BCUT2D eigenvalue weighted by Gasteiger charge is 2.27. The minimum absolute atomic E-state index is 0.00924. The average Bonchev–Trinajstić information content (AvgIpc) is 2.26. The van der Waals surface area contributed by atoms with Crippen LogP contribution in [0.5, 0.6) is 0 Å². The molecule has 0 heterocycles. The number of rotatable bonds is 6. The van der Waals surface area contributed by atoms with Gasteiger partial charge in [-0.3, -0.25) is 0 Å². The first-order valence-corrected chi connectivity index (χ1v) is 5.31. The lowest BCUT2D eigenvalue weighted by Gasteiger charge is -2.11. The fraction of sp³-hybridized carbons (Fsp3) is 0.364. The topological polar surface area (TPSA) is 84.6 Å². The average molecular weight is 278 g/mol. The molecular formula is C11H13F3N2O3. The van der Waals surface area contributed by atoms with Crippen molar-refractivity contribution in [2.45, 2.75) is 6.18 Å². The summed E-state index contributed by atoms with van der Waals surface area (Å²) in [6, 6.07) is 4.14. The van der Waals surface area contributed by atoms with E-state index in [4.69, 9.17) is 10.8 Å². The van der Waals surface area contributed by atoms with Crippen molar-refractivity contribution in [1.82, 2.24) is 0 Å².